The maximum absolute atomic E-state index is 12.2. The highest BCUT2D eigenvalue weighted by molar-refractivity contribution is 5.82. The summed E-state index contributed by atoms with van der Waals surface area (Å²) >= 11 is 0. The maximum Gasteiger partial charge on any atom is 0.410 e. The quantitative estimate of drug-likeness (QED) is 0.834. The Bertz CT molecular complexity index is 499. The normalized spacial score (nSPS) is 15.5. The summed E-state index contributed by atoms with van der Waals surface area (Å²) in [5, 5.41) is 0. The number of carbonyl (C=O) groups is 2. The lowest BCUT2D eigenvalue weighted by Crippen LogP contribution is -2.50. The summed E-state index contributed by atoms with van der Waals surface area (Å²) in [6.07, 6.45) is -0.480. The van der Waals surface area contributed by atoms with Crippen molar-refractivity contribution in [2.45, 2.75) is 6.61 Å². The van der Waals surface area contributed by atoms with Crippen LogP contribution in [-0.4, -0.2) is 73.5 Å². The van der Waals surface area contributed by atoms with E-state index in [1.54, 1.807) is 11.9 Å². The molecule has 1 aliphatic rings. The second-order valence-electron chi connectivity index (χ2n) is 5.58. The van der Waals surface area contributed by atoms with Gasteiger partial charge in [0.15, 0.2) is 0 Å². The topological polar surface area (TPSA) is 53.1 Å². The van der Waals surface area contributed by atoms with E-state index in [1.165, 1.54) is 4.90 Å². The van der Waals surface area contributed by atoms with E-state index in [4.69, 9.17) is 4.74 Å². The lowest BCUT2D eigenvalue weighted by Gasteiger charge is -2.33. The highest BCUT2D eigenvalue weighted by Crippen LogP contribution is 2.04. The largest absolute Gasteiger partial charge is 0.445 e. The fourth-order valence-electron chi connectivity index (χ4n) is 2.25. The lowest BCUT2D eigenvalue weighted by molar-refractivity contribution is -0.133. The summed E-state index contributed by atoms with van der Waals surface area (Å²) < 4.78 is 5.20. The van der Waals surface area contributed by atoms with Gasteiger partial charge in [-0.2, -0.15) is 0 Å². The molecule has 0 bridgehead atoms. The SMILES string of the molecule is CN1CCN(C(=O)CN(C)C(=O)OCc2ccccc2)CC1. The van der Waals surface area contributed by atoms with Crippen molar-refractivity contribution in [3.8, 4) is 0 Å². The molecule has 0 saturated carbocycles. The van der Waals surface area contributed by atoms with Crippen molar-refractivity contribution in [2.24, 2.45) is 0 Å². The first-order chi connectivity index (χ1) is 10.6. The van der Waals surface area contributed by atoms with E-state index in [1.807, 2.05) is 37.4 Å². The number of nitrogens with zero attached hydrogens (tertiary/aromatic N) is 3. The molecular formula is C16H23N3O3. The van der Waals surface area contributed by atoms with Crippen molar-refractivity contribution in [1.29, 1.82) is 0 Å². The minimum atomic E-state index is -0.480. The standard InChI is InChI=1S/C16H23N3O3/c1-17-8-10-19(11-9-17)15(20)12-18(2)16(21)22-13-14-6-4-3-5-7-14/h3-7H,8-13H2,1-2H3. The Morgan fingerprint density at radius 1 is 1.14 bits per heavy atom. The summed E-state index contributed by atoms with van der Waals surface area (Å²) in [5.41, 5.74) is 0.926. The Morgan fingerprint density at radius 2 is 1.77 bits per heavy atom. The molecule has 0 radical (unpaired) electrons. The molecule has 6 nitrogen and oxygen atoms in total. The van der Waals surface area contributed by atoms with Gasteiger partial charge in [0.05, 0.1) is 0 Å². The average molecular weight is 305 g/mol. The molecule has 1 aliphatic heterocycles. The number of piperazine rings is 1. The Labute approximate surface area is 131 Å². The number of hydrogen-bond acceptors (Lipinski definition) is 4. The first-order valence-corrected chi connectivity index (χ1v) is 7.44. The van der Waals surface area contributed by atoms with Gasteiger partial charge in [0.25, 0.3) is 0 Å². The molecule has 0 unspecified atom stereocenters. The summed E-state index contributed by atoms with van der Waals surface area (Å²) in [4.78, 5) is 29.4. The predicted molar refractivity (Wildman–Crippen MR) is 83.3 cm³/mol. The Kier molecular flexibility index (Phi) is 5.77. The summed E-state index contributed by atoms with van der Waals surface area (Å²) in [5.74, 6) is -0.0349. The number of carbonyl (C=O) groups excluding carboxylic acids is 2. The highest BCUT2D eigenvalue weighted by atomic mass is 16.6. The molecule has 0 aromatic heterocycles. The van der Waals surface area contributed by atoms with E-state index in [0.29, 0.717) is 13.1 Å². The summed E-state index contributed by atoms with van der Waals surface area (Å²) in [7, 11) is 3.62. The molecular weight excluding hydrogens is 282 g/mol. The first-order valence-electron chi connectivity index (χ1n) is 7.44. The molecule has 1 aromatic carbocycles. The summed E-state index contributed by atoms with van der Waals surface area (Å²) in [6, 6.07) is 9.48. The molecule has 2 amide bonds. The van der Waals surface area contributed by atoms with Crippen LogP contribution in [0.4, 0.5) is 4.79 Å². The van der Waals surface area contributed by atoms with E-state index >= 15 is 0 Å². The average Bonchev–Trinajstić information content (AvgIpc) is 2.54. The van der Waals surface area contributed by atoms with Crippen molar-refractivity contribution >= 4 is 12.0 Å². The summed E-state index contributed by atoms with van der Waals surface area (Å²) in [6.45, 7) is 3.43. The van der Waals surface area contributed by atoms with Crippen molar-refractivity contribution in [3.63, 3.8) is 0 Å². The third-order valence-electron chi connectivity index (χ3n) is 3.75. The smallest absolute Gasteiger partial charge is 0.410 e. The first kappa shape index (κ1) is 16.3. The molecule has 1 fully saturated rings. The second-order valence-corrected chi connectivity index (χ2v) is 5.58. The number of ether oxygens (including phenoxy) is 1. The highest BCUT2D eigenvalue weighted by Gasteiger charge is 2.22. The maximum atomic E-state index is 12.2. The molecule has 120 valence electrons. The molecule has 1 heterocycles. The van der Waals surface area contributed by atoms with Crippen molar-refractivity contribution < 1.29 is 14.3 Å². The van der Waals surface area contributed by atoms with Crippen molar-refractivity contribution in [1.82, 2.24) is 14.7 Å². The van der Waals surface area contributed by atoms with Gasteiger partial charge in [0.1, 0.15) is 13.2 Å². The fourth-order valence-corrected chi connectivity index (χ4v) is 2.25. The Hall–Kier alpha value is -2.08. The monoisotopic (exact) mass is 305 g/mol. The van der Waals surface area contributed by atoms with E-state index in [2.05, 4.69) is 4.90 Å². The van der Waals surface area contributed by atoms with Crippen LogP contribution in [-0.2, 0) is 16.1 Å². The second kappa shape index (κ2) is 7.79. The molecule has 0 spiro atoms. The molecule has 1 aromatic rings. The van der Waals surface area contributed by atoms with Crippen molar-refractivity contribution in [2.75, 3.05) is 46.8 Å². The van der Waals surface area contributed by atoms with E-state index in [-0.39, 0.29) is 19.1 Å². The van der Waals surface area contributed by atoms with Gasteiger partial charge < -0.3 is 19.4 Å². The minimum absolute atomic E-state index is 0.0349. The molecule has 1 saturated heterocycles. The molecule has 0 N–H and O–H groups in total. The van der Waals surface area contributed by atoms with Gasteiger partial charge in [0.2, 0.25) is 5.91 Å². The van der Waals surface area contributed by atoms with Gasteiger partial charge in [-0.25, -0.2) is 4.79 Å². The zero-order valence-electron chi connectivity index (χ0n) is 13.2. The van der Waals surface area contributed by atoms with Gasteiger partial charge in [-0.15, -0.1) is 0 Å². The van der Waals surface area contributed by atoms with Crippen LogP contribution in [0.2, 0.25) is 0 Å². The van der Waals surface area contributed by atoms with Gasteiger partial charge >= 0.3 is 6.09 Å². The number of amides is 2. The molecule has 0 atom stereocenters. The third kappa shape index (κ3) is 4.73. The Balaban J connectivity index is 1.75. The molecule has 2 rings (SSSR count). The van der Waals surface area contributed by atoms with Crippen LogP contribution >= 0.6 is 0 Å². The number of hydrogen-bond donors (Lipinski definition) is 0. The fraction of sp³-hybridized carbons (Fsp3) is 0.500. The molecule has 22 heavy (non-hydrogen) atoms. The number of rotatable bonds is 4. The number of likely N-dealkylation sites (N-methyl/N-ethyl adjacent to an activating group) is 2. The third-order valence-corrected chi connectivity index (χ3v) is 3.75. The minimum Gasteiger partial charge on any atom is -0.445 e. The van der Waals surface area contributed by atoms with Crippen LogP contribution in [0.25, 0.3) is 0 Å². The van der Waals surface area contributed by atoms with Crippen LogP contribution < -0.4 is 0 Å². The van der Waals surface area contributed by atoms with Gasteiger partial charge in [-0.05, 0) is 12.6 Å². The predicted octanol–water partition coefficient (Wildman–Crippen LogP) is 1.03. The van der Waals surface area contributed by atoms with Gasteiger partial charge in [-0.3, -0.25) is 4.79 Å². The zero-order chi connectivity index (χ0) is 15.9. The van der Waals surface area contributed by atoms with E-state index in [9.17, 15) is 9.59 Å². The zero-order valence-corrected chi connectivity index (χ0v) is 13.2. The van der Waals surface area contributed by atoms with Crippen molar-refractivity contribution in [3.05, 3.63) is 35.9 Å². The van der Waals surface area contributed by atoms with Crippen LogP contribution in [0.5, 0.6) is 0 Å². The Morgan fingerprint density at radius 3 is 2.41 bits per heavy atom. The molecule has 0 aliphatic carbocycles. The van der Waals surface area contributed by atoms with Crippen LogP contribution in [0, 0.1) is 0 Å². The molecule has 6 heteroatoms. The number of benzene rings is 1. The van der Waals surface area contributed by atoms with Crippen LogP contribution in [0.1, 0.15) is 5.56 Å². The van der Waals surface area contributed by atoms with E-state index in [0.717, 1.165) is 18.7 Å². The van der Waals surface area contributed by atoms with Gasteiger partial charge in [-0.1, -0.05) is 30.3 Å². The lowest BCUT2D eigenvalue weighted by atomic mass is 10.2. The van der Waals surface area contributed by atoms with E-state index < -0.39 is 6.09 Å². The van der Waals surface area contributed by atoms with Gasteiger partial charge in [0, 0.05) is 33.2 Å². The van der Waals surface area contributed by atoms with Crippen LogP contribution in [0.15, 0.2) is 30.3 Å². The van der Waals surface area contributed by atoms with Crippen LogP contribution in [0.3, 0.4) is 0 Å².